The standard InChI is InChI=1S/C15H14Br2N2O/c1-15(2)13(16)11-10(12(20)14(15)17)8-18-19(11)9-6-4-3-5-7-9/h3-8,13-14H,1-2H3/t13-,14-/m1/s1. The SMILES string of the molecule is CC1(C)[C@H](Br)C(=O)c2cnn(-c3ccccc3)c2[C@H]1Br. The van der Waals surface area contributed by atoms with Crippen LogP contribution in [-0.2, 0) is 0 Å². The Morgan fingerprint density at radius 2 is 1.80 bits per heavy atom. The van der Waals surface area contributed by atoms with Crippen LogP contribution in [-0.4, -0.2) is 20.4 Å². The van der Waals surface area contributed by atoms with Gasteiger partial charge in [0.1, 0.15) is 0 Å². The number of carbonyl (C=O) groups is 1. The van der Waals surface area contributed by atoms with Gasteiger partial charge in [0.25, 0.3) is 0 Å². The minimum atomic E-state index is -0.226. The Morgan fingerprint density at radius 1 is 1.15 bits per heavy atom. The summed E-state index contributed by atoms with van der Waals surface area (Å²) in [5.74, 6) is 0.0999. The molecule has 5 heteroatoms. The van der Waals surface area contributed by atoms with Crippen molar-refractivity contribution in [3.63, 3.8) is 0 Å². The summed E-state index contributed by atoms with van der Waals surface area (Å²) >= 11 is 7.30. The van der Waals surface area contributed by atoms with Crippen LogP contribution >= 0.6 is 31.9 Å². The number of benzene rings is 1. The molecule has 1 aromatic carbocycles. The van der Waals surface area contributed by atoms with Crippen molar-refractivity contribution in [3.8, 4) is 5.69 Å². The van der Waals surface area contributed by atoms with Crippen LogP contribution in [0.3, 0.4) is 0 Å². The minimum Gasteiger partial charge on any atom is -0.293 e. The maximum absolute atomic E-state index is 12.5. The molecule has 20 heavy (non-hydrogen) atoms. The monoisotopic (exact) mass is 396 g/mol. The van der Waals surface area contributed by atoms with Gasteiger partial charge in [0.2, 0.25) is 0 Å². The molecule has 0 saturated carbocycles. The number of carbonyl (C=O) groups excluding carboxylic acids is 1. The highest BCUT2D eigenvalue weighted by Crippen LogP contribution is 2.51. The summed E-state index contributed by atoms with van der Waals surface area (Å²) in [7, 11) is 0. The van der Waals surface area contributed by atoms with Crippen molar-refractivity contribution in [1.29, 1.82) is 0 Å². The molecule has 1 aromatic heterocycles. The largest absolute Gasteiger partial charge is 0.293 e. The van der Waals surface area contributed by atoms with Crippen molar-refractivity contribution < 1.29 is 4.79 Å². The summed E-state index contributed by atoms with van der Waals surface area (Å²) in [6.45, 7) is 4.16. The van der Waals surface area contributed by atoms with Crippen LogP contribution in [0, 0.1) is 5.41 Å². The van der Waals surface area contributed by atoms with Gasteiger partial charge in [-0.3, -0.25) is 4.79 Å². The molecule has 0 spiro atoms. The van der Waals surface area contributed by atoms with Gasteiger partial charge in [0.05, 0.1) is 32.8 Å². The van der Waals surface area contributed by atoms with E-state index in [1.54, 1.807) is 6.20 Å². The first-order valence-corrected chi connectivity index (χ1v) is 8.23. The van der Waals surface area contributed by atoms with Gasteiger partial charge >= 0.3 is 0 Å². The number of hydrogen-bond donors (Lipinski definition) is 0. The molecule has 0 N–H and O–H groups in total. The van der Waals surface area contributed by atoms with Crippen molar-refractivity contribution in [2.75, 3.05) is 0 Å². The number of halogens is 2. The smallest absolute Gasteiger partial charge is 0.180 e. The molecule has 0 unspecified atom stereocenters. The van der Waals surface area contributed by atoms with E-state index in [0.717, 1.165) is 11.4 Å². The number of ketones is 1. The van der Waals surface area contributed by atoms with E-state index in [9.17, 15) is 4.79 Å². The van der Waals surface area contributed by atoms with Gasteiger partial charge in [-0.15, -0.1) is 0 Å². The molecule has 0 saturated heterocycles. The van der Waals surface area contributed by atoms with Gasteiger partial charge in [-0.1, -0.05) is 63.9 Å². The number of alkyl halides is 2. The fraction of sp³-hybridized carbons (Fsp3) is 0.333. The predicted octanol–water partition coefficient (Wildman–Crippen LogP) is 4.29. The summed E-state index contributed by atoms with van der Waals surface area (Å²) in [5.41, 5.74) is 2.37. The molecule has 0 fully saturated rings. The molecule has 104 valence electrons. The zero-order valence-electron chi connectivity index (χ0n) is 11.2. The Balaban J connectivity index is 2.22. The molecule has 2 aromatic rings. The highest BCUT2D eigenvalue weighted by atomic mass is 79.9. The van der Waals surface area contributed by atoms with Crippen LogP contribution < -0.4 is 0 Å². The molecule has 0 radical (unpaired) electrons. The second-order valence-electron chi connectivity index (χ2n) is 5.60. The van der Waals surface area contributed by atoms with Crippen LogP contribution in [0.4, 0.5) is 0 Å². The van der Waals surface area contributed by atoms with E-state index in [1.807, 2.05) is 35.0 Å². The molecular formula is C15H14Br2N2O. The summed E-state index contributed by atoms with van der Waals surface area (Å²) in [5, 5.41) is 4.41. The van der Waals surface area contributed by atoms with Gasteiger partial charge in [0.15, 0.2) is 5.78 Å². The van der Waals surface area contributed by atoms with Gasteiger partial charge in [0, 0.05) is 5.41 Å². The fourth-order valence-corrected chi connectivity index (χ4v) is 4.09. The summed E-state index contributed by atoms with van der Waals surface area (Å²) < 4.78 is 1.85. The van der Waals surface area contributed by atoms with Crippen molar-refractivity contribution in [1.82, 2.24) is 9.78 Å². The quantitative estimate of drug-likeness (QED) is 0.672. The second-order valence-corrected chi connectivity index (χ2v) is 7.43. The van der Waals surface area contributed by atoms with Crippen molar-refractivity contribution >= 4 is 37.6 Å². The molecule has 3 nitrogen and oxygen atoms in total. The molecule has 3 rings (SSSR count). The zero-order valence-corrected chi connectivity index (χ0v) is 14.3. The van der Waals surface area contributed by atoms with Gasteiger partial charge in [-0.2, -0.15) is 5.10 Å². The molecule has 1 heterocycles. The normalized spacial score (nSPS) is 24.5. The van der Waals surface area contributed by atoms with Crippen molar-refractivity contribution in [2.45, 2.75) is 23.5 Å². The van der Waals surface area contributed by atoms with Crippen LogP contribution in [0.25, 0.3) is 5.69 Å². The minimum absolute atomic E-state index is 0.0507. The number of hydrogen-bond acceptors (Lipinski definition) is 2. The average molecular weight is 398 g/mol. The van der Waals surface area contributed by atoms with Crippen LogP contribution in [0.15, 0.2) is 36.5 Å². The summed E-state index contributed by atoms with van der Waals surface area (Å²) in [6.07, 6.45) is 1.67. The third kappa shape index (κ3) is 1.91. The first-order valence-electron chi connectivity index (χ1n) is 6.40. The number of rotatable bonds is 1. The fourth-order valence-electron chi connectivity index (χ4n) is 2.52. The highest BCUT2D eigenvalue weighted by Gasteiger charge is 2.48. The lowest BCUT2D eigenvalue weighted by Gasteiger charge is -2.38. The van der Waals surface area contributed by atoms with Crippen LogP contribution in [0.5, 0.6) is 0 Å². The molecule has 0 aliphatic heterocycles. The maximum atomic E-state index is 12.5. The lowest BCUT2D eigenvalue weighted by atomic mass is 9.76. The van der Waals surface area contributed by atoms with E-state index in [4.69, 9.17) is 0 Å². The zero-order chi connectivity index (χ0) is 14.5. The first-order chi connectivity index (χ1) is 9.44. The third-order valence-electron chi connectivity index (χ3n) is 3.85. The maximum Gasteiger partial charge on any atom is 0.180 e. The van der Waals surface area contributed by atoms with Gasteiger partial charge in [-0.25, -0.2) is 4.68 Å². The van der Waals surface area contributed by atoms with E-state index in [0.29, 0.717) is 5.56 Å². The van der Waals surface area contributed by atoms with E-state index in [1.165, 1.54) is 0 Å². The predicted molar refractivity (Wildman–Crippen MR) is 86.1 cm³/mol. The number of nitrogens with zero attached hydrogens (tertiary/aromatic N) is 2. The molecule has 1 aliphatic carbocycles. The Kier molecular flexibility index (Phi) is 3.37. The van der Waals surface area contributed by atoms with Gasteiger partial charge in [-0.05, 0) is 12.1 Å². The lowest BCUT2D eigenvalue weighted by Crippen LogP contribution is -2.40. The van der Waals surface area contributed by atoms with E-state index < -0.39 is 0 Å². The topological polar surface area (TPSA) is 34.9 Å². The number of Topliss-reactive ketones (excluding diaryl/α,β-unsaturated/α-hetero) is 1. The van der Waals surface area contributed by atoms with E-state index >= 15 is 0 Å². The number of para-hydroxylation sites is 1. The van der Waals surface area contributed by atoms with Crippen molar-refractivity contribution in [3.05, 3.63) is 47.8 Å². The Bertz CT molecular complexity index is 664. The number of aromatic nitrogens is 2. The highest BCUT2D eigenvalue weighted by molar-refractivity contribution is 9.10. The Hall–Kier alpha value is -0.940. The molecule has 2 atom stereocenters. The van der Waals surface area contributed by atoms with Crippen LogP contribution in [0.2, 0.25) is 0 Å². The summed E-state index contributed by atoms with van der Waals surface area (Å²) in [6, 6.07) is 9.88. The lowest BCUT2D eigenvalue weighted by molar-refractivity contribution is 0.0927. The third-order valence-corrected chi connectivity index (χ3v) is 7.06. The molecule has 0 bridgehead atoms. The first kappa shape index (κ1) is 14.0. The Morgan fingerprint density at radius 3 is 2.45 bits per heavy atom. The number of fused-ring (bicyclic) bond motifs is 1. The molecule has 0 amide bonds. The average Bonchev–Trinajstić information content (AvgIpc) is 2.89. The molecule has 1 aliphatic rings. The molecular weight excluding hydrogens is 384 g/mol. The second kappa shape index (κ2) is 4.81. The van der Waals surface area contributed by atoms with Crippen LogP contribution in [0.1, 0.15) is 34.7 Å². The summed E-state index contributed by atoms with van der Waals surface area (Å²) in [4.78, 5) is 12.3. The van der Waals surface area contributed by atoms with Crippen molar-refractivity contribution in [2.24, 2.45) is 5.41 Å². The van der Waals surface area contributed by atoms with E-state index in [-0.39, 0.29) is 20.9 Å². The van der Waals surface area contributed by atoms with E-state index in [2.05, 4.69) is 50.8 Å². The van der Waals surface area contributed by atoms with Gasteiger partial charge < -0.3 is 0 Å². The Labute approximate surface area is 134 Å².